The fourth-order valence-corrected chi connectivity index (χ4v) is 3.91. The Kier molecular flexibility index (Phi) is 7.90. The van der Waals surface area contributed by atoms with Gasteiger partial charge in [-0.15, -0.1) is 0 Å². The molecule has 1 amide bonds. The Hall–Kier alpha value is -3.97. The van der Waals surface area contributed by atoms with Crippen molar-refractivity contribution < 1.29 is 19.0 Å². The van der Waals surface area contributed by atoms with E-state index in [1.54, 1.807) is 42.6 Å². The van der Waals surface area contributed by atoms with Gasteiger partial charge in [-0.25, -0.2) is 9.82 Å². The summed E-state index contributed by atoms with van der Waals surface area (Å²) in [7, 11) is 0. The Balaban J connectivity index is 1.35. The summed E-state index contributed by atoms with van der Waals surface area (Å²) in [6.07, 6.45) is 3.25. The number of rotatable bonds is 10. The van der Waals surface area contributed by atoms with Crippen molar-refractivity contribution in [2.45, 2.75) is 32.4 Å². The van der Waals surface area contributed by atoms with Gasteiger partial charge < -0.3 is 14.4 Å². The predicted octanol–water partition coefficient (Wildman–Crippen LogP) is 5.19. The number of halogens is 1. The molecule has 0 saturated carbocycles. The summed E-state index contributed by atoms with van der Waals surface area (Å²) in [4.78, 5) is 12.3. The van der Waals surface area contributed by atoms with Gasteiger partial charge in [0.1, 0.15) is 11.6 Å². The van der Waals surface area contributed by atoms with Gasteiger partial charge in [0.25, 0.3) is 0 Å². The third kappa shape index (κ3) is 6.33. The van der Waals surface area contributed by atoms with Crippen LogP contribution in [0, 0.1) is 5.82 Å². The SMILES string of the molecule is CCOc1ccc(C(O)CCC(=O)NN=Cc2cn(Cc3ccc(F)cc3)c3ccccc23)cc1. The van der Waals surface area contributed by atoms with E-state index in [0.29, 0.717) is 13.2 Å². The second kappa shape index (κ2) is 11.4. The number of para-hydroxylation sites is 1. The van der Waals surface area contributed by atoms with Gasteiger partial charge in [-0.2, -0.15) is 5.10 Å². The van der Waals surface area contributed by atoms with E-state index in [4.69, 9.17) is 4.74 Å². The Morgan fingerprint density at radius 3 is 2.60 bits per heavy atom. The van der Waals surface area contributed by atoms with Crippen LogP contribution < -0.4 is 10.2 Å². The molecule has 0 fully saturated rings. The molecule has 0 aliphatic rings. The number of aliphatic hydroxyl groups is 1. The molecule has 6 nitrogen and oxygen atoms in total. The monoisotopic (exact) mass is 473 g/mol. The first-order valence-corrected chi connectivity index (χ1v) is 11.6. The molecule has 0 bridgehead atoms. The topological polar surface area (TPSA) is 75.8 Å². The van der Waals surface area contributed by atoms with Crippen molar-refractivity contribution in [3.63, 3.8) is 0 Å². The van der Waals surface area contributed by atoms with Crippen LogP contribution in [0.25, 0.3) is 10.9 Å². The first kappa shape index (κ1) is 24.2. The third-order valence-corrected chi connectivity index (χ3v) is 5.70. The Morgan fingerprint density at radius 2 is 1.86 bits per heavy atom. The van der Waals surface area contributed by atoms with E-state index in [1.807, 2.05) is 37.4 Å². The summed E-state index contributed by atoms with van der Waals surface area (Å²) < 4.78 is 20.7. The highest BCUT2D eigenvalue weighted by Gasteiger charge is 2.11. The second-order valence-electron chi connectivity index (χ2n) is 8.21. The molecule has 7 heteroatoms. The summed E-state index contributed by atoms with van der Waals surface area (Å²) in [5.74, 6) is 0.206. The molecule has 3 aromatic carbocycles. The summed E-state index contributed by atoms with van der Waals surface area (Å²) >= 11 is 0. The van der Waals surface area contributed by atoms with Crippen LogP contribution in [0.2, 0.25) is 0 Å². The van der Waals surface area contributed by atoms with Crippen molar-refractivity contribution in [3.05, 3.63) is 102 Å². The van der Waals surface area contributed by atoms with Gasteiger partial charge in [0.2, 0.25) is 5.91 Å². The van der Waals surface area contributed by atoms with Crippen LogP contribution in [-0.2, 0) is 11.3 Å². The number of nitrogens with zero attached hydrogens (tertiary/aromatic N) is 2. The zero-order chi connectivity index (χ0) is 24.6. The molecule has 1 heterocycles. The quantitative estimate of drug-likeness (QED) is 0.246. The summed E-state index contributed by atoms with van der Waals surface area (Å²) in [6, 6.07) is 21.5. The lowest BCUT2D eigenvalue weighted by Gasteiger charge is -2.11. The van der Waals surface area contributed by atoms with Gasteiger partial charge in [-0.1, -0.05) is 42.5 Å². The molecule has 0 saturated heterocycles. The number of hydrazone groups is 1. The van der Waals surface area contributed by atoms with Gasteiger partial charge >= 0.3 is 0 Å². The molecular weight excluding hydrogens is 445 g/mol. The largest absolute Gasteiger partial charge is 0.494 e. The Bertz CT molecular complexity index is 1300. The Morgan fingerprint density at radius 1 is 1.11 bits per heavy atom. The number of fused-ring (bicyclic) bond motifs is 1. The summed E-state index contributed by atoms with van der Waals surface area (Å²) in [6.45, 7) is 3.08. The van der Waals surface area contributed by atoms with Crippen LogP contribution in [0.5, 0.6) is 5.75 Å². The van der Waals surface area contributed by atoms with E-state index in [2.05, 4.69) is 15.1 Å². The number of benzene rings is 3. The van der Waals surface area contributed by atoms with Crippen molar-refractivity contribution in [1.82, 2.24) is 9.99 Å². The van der Waals surface area contributed by atoms with Crippen molar-refractivity contribution in [2.75, 3.05) is 6.61 Å². The zero-order valence-corrected chi connectivity index (χ0v) is 19.5. The zero-order valence-electron chi connectivity index (χ0n) is 19.5. The second-order valence-corrected chi connectivity index (χ2v) is 8.21. The molecule has 1 unspecified atom stereocenters. The number of carbonyl (C=O) groups is 1. The van der Waals surface area contributed by atoms with Crippen LogP contribution in [0.3, 0.4) is 0 Å². The molecule has 4 rings (SSSR count). The standard InChI is InChI=1S/C28H28FN3O3/c1-2-35-24-13-9-21(10-14-24)27(33)15-16-28(34)31-30-17-22-19-32(26-6-4-3-5-25(22)26)18-20-7-11-23(29)12-8-20/h3-14,17,19,27,33H,2,15-16,18H2,1H3,(H,31,34). The molecule has 2 N–H and O–H groups in total. The highest BCUT2D eigenvalue weighted by molar-refractivity contribution is 5.99. The molecule has 0 aliphatic carbocycles. The number of hydrogen-bond donors (Lipinski definition) is 2. The molecule has 0 spiro atoms. The highest BCUT2D eigenvalue weighted by Crippen LogP contribution is 2.22. The number of aliphatic hydroxyl groups excluding tert-OH is 1. The van der Waals surface area contributed by atoms with E-state index < -0.39 is 6.10 Å². The molecule has 0 aliphatic heterocycles. The number of amides is 1. The molecule has 1 atom stereocenters. The minimum atomic E-state index is -0.746. The first-order chi connectivity index (χ1) is 17.0. The smallest absolute Gasteiger partial charge is 0.240 e. The molecule has 0 radical (unpaired) electrons. The lowest BCUT2D eigenvalue weighted by molar-refractivity contribution is -0.121. The maximum absolute atomic E-state index is 13.2. The average Bonchev–Trinajstić information content (AvgIpc) is 3.22. The predicted molar refractivity (Wildman–Crippen MR) is 135 cm³/mol. The number of aromatic nitrogens is 1. The van der Waals surface area contributed by atoms with E-state index in [9.17, 15) is 14.3 Å². The normalized spacial score (nSPS) is 12.2. The van der Waals surface area contributed by atoms with Crippen LogP contribution >= 0.6 is 0 Å². The van der Waals surface area contributed by atoms with E-state index in [1.165, 1.54) is 12.1 Å². The van der Waals surface area contributed by atoms with Crippen molar-refractivity contribution in [1.29, 1.82) is 0 Å². The number of nitrogens with one attached hydrogen (secondary N) is 1. The number of carbonyl (C=O) groups excluding carboxylic acids is 1. The van der Waals surface area contributed by atoms with Crippen LogP contribution in [-0.4, -0.2) is 28.4 Å². The minimum absolute atomic E-state index is 0.137. The Labute approximate surface area is 203 Å². The van der Waals surface area contributed by atoms with E-state index in [0.717, 1.165) is 33.3 Å². The van der Waals surface area contributed by atoms with Gasteiger partial charge in [0.05, 0.1) is 18.9 Å². The van der Waals surface area contributed by atoms with Crippen molar-refractivity contribution in [2.24, 2.45) is 5.10 Å². The van der Waals surface area contributed by atoms with Crippen molar-refractivity contribution in [3.8, 4) is 5.75 Å². The summed E-state index contributed by atoms with van der Waals surface area (Å²) in [5.41, 5.74) is 6.13. The lowest BCUT2D eigenvalue weighted by atomic mass is 10.0. The van der Waals surface area contributed by atoms with Gasteiger partial charge in [0, 0.05) is 35.6 Å². The molecule has 1 aromatic heterocycles. The van der Waals surface area contributed by atoms with Gasteiger partial charge in [0.15, 0.2) is 0 Å². The van der Waals surface area contributed by atoms with Gasteiger partial charge in [-0.05, 0) is 54.8 Å². The van der Waals surface area contributed by atoms with Crippen LogP contribution in [0.4, 0.5) is 4.39 Å². The van der Waals surface area contributed by atoms with Crippen LogP contribution in [0.1, 0.15) is 42.6 Å². The lowest BCUT2D eigenvalue weighted by Crippen LogP contribution is -2.18. The maximum Gasteiger partial charge on any atom is 0.240 e. The number of hydrogen-bond acceptors (Lipinski definition) is 4. The van der Waals surface area contributed by atoms with Gasteiger partial charge in [-0.3, -0.25) is 4.79 Å². The fourth-order valence-electron chi connectivity index (χ4n) is 3.91. The minimum Gasteiger partial charge on any atom is -0.494 e. The molecule has 4 aromatic rings. The van der Waals surface area contributed by atoms with Crippen molar-refractivity contribution >= 4 is 23.0 Å². The fraction of sp³-hybridized carbons (Fsp3) is 0.214. The maximum atomic E-state index is 13.2. The number of ether oxygens (including phenoxy) is 1. The first-order valence-electron chi connectivity index (χ1n) is 11.6. The van der Waals surface area contributed by atoms with E-state index in [-0.39, 0.29) is 24.6 Å². The third-order valence-electron chi connectivity index (χ3n) is 5.70. The average molecular weight is 474 g/mol. The summed E-state index contributed by atoms with van der Waals surface area (Å²) in [5, 5.41) is 15.5. The molecular formula is C28H28FN3O3. The highest BCUT2D eigenvalue weighted by atomic mass is 19.1. The molecule has 180 valence electrons. The van der Waals surface area contributed by atoms with E-state index >= 15 is 0 Å². The van der Waals surface area contributed by atoms with Crippen LogP contribution in [0.15, 0.2) is 84.1 Å². The molecule has 35 heavy (non-hydrogen) atoms.